The summed E-state index contributed by atoms with van der Waals surface area (Å²) in [5.41, 5.74) is 6.03. The van der Waals surface area contributed by atoms with Crippen LogP contribution in [-0.4, -0.2) is 25.0 Å². The maximum atomic E-state index is 11.6. The first-order chi connectivity index (χ1) is 6.52. The Bertz CT molecular complexity index is 304. The third-order valence-electron chi connectivity index (χ3n) is 3.70. The van der Waals surface area contributed by atoms with Crippen molar-refractivity contribution < 1.29 is 8.42 Å². The van der Waals surface area contributed by atoms with Crippen molar-refractivity contribution in [1.82, 2.24) is 0 Å². The molecule has 2 rings (SSSR count). The van der Waals surface area contributed by atoms with E-state index in [2.05, 4.69) is 0 Å². The van der Waals surface area contributed by atoms with Crippen LogP contribution in [0, 0.1) is 0 Å². The van der Waals surface area contributed by atoms with E-state index in [-0.39, 0.29) is 10.8 Å². The van der Waals surface area contributed by atoms with Crippen LogP contribution >= 0.6 is 0 Å². The fourth-order valence-corrected chi connectivity index (χ4v) is 4.84. The molecule has 0 aromatic rings. The summed E-state index contributed by atoms with van der Waals surface area (Å²) in [6.45, 7) is 0. The molecule has 1 saturated carbocycles. The van der Waals surface area contributed by atoms with Gasteiger partial charge in [-0.25, -0.2) is 8.42 Å². The molecule has 1 aliphatic heterocycles. The summed E-state index contributed by atoms with van der Waals surface area (Å²) in [6.07, 6.45) is 6.74. The molecule has 1 aliphatic carbocycles. The van der Waals surface area contributed by atoms with E-state index in [0.717, 1.165) is 25.7 Å². The van der Waals surface area contributed by atoms with Gasteiger partial charge in [-0.1, -0.05) is 12.8 Å². The van der Waals surface area contributed by atoms with Gasteiger partial charge < -0.3 is 5.73 Å². The van der Waals surface area contributed by atoms with E-state index >= 15 is 0 Å². The van der Waals surface area contributed by atoms with Crippen molar-refractivity contribution in [3.8, 4) is 0 Å². The zero-order valence-electron chi connectivity index (χ0n) is 8.54. The summed E-state index contributed by atoms with van der Waals surface area (Å²) in [5, 5.41) is -0.134. The molecule has 0 amide bonds. The van der Waals surface area contributed by atoms with Crippen LogP contribution in [0.25, 0.3) is 0 Å². The molecule has 1 heterocycles. The molecule has 4 heteroatoms. The Labute approximate surface area is 86.0 Å². The lowest BCUT2D eigenvalue weighted by Crippen LogP contribution is -2.41. The van der Waals surface area contributed by atoms with E-state index in [1.165, 1.54) is 12.8 Å². The maximum Gasteiger partial charge on any atom is 0.153 e. The highest BCUT2D eigenvalue weighted by molar-refractivity contribution is 7.92. The van der Waals surface area contributed by atoms with Gasteiger partial charge in [0.15, 0.2) is 9.84 Å². The van der Waals surface area contributed by atoms with Gasteiger partial charge in [0.05, 0.1) is 11.0 Å². The molecular formula is C10H19NO2S. The zero-order chi connectivity index (χ0) is 10.2. The molecule has 2 N–H and O–H groups in total. The van der Waals surface area contributed by atoms with E-state index < -0.39 is 9.84 Å². The van der Waals surface area contributed by atoms with E-state index in [9.17, 15) is 8.42 Å². The molecule has 1 saturated heterocycles. The highest BCUT2D eigenvalue weighted by atomic mass is 32.2. The minimum atomic E-state index is -2.79. The Morgan fingerprint density at radius 2 is 1.86 bits per heavy atom. The van der Waals surface area contributed by atoms with Crippen LogP contribution in [0.3, 0.4) is 0 Å². The second-order valence-electron chi connectivity index (χ2n) is 4.90. The van der Waals surface area contributed by atoms with E-state index in [1.807, 2.05) is 0 Å². The standard InChI is InChI=1S/C10H19NO2S/c11-10(5-1-2-6-10)8-9-4-3-7-14(9,12)13/h9H,1-8,11H2. The van der Waals surface area contributed by atoms with Crippen LogP contribution in [0.4, 0.5) is 0 Å². The minimum Gasteiger partial charge on any atom is -0.325 e. The molecular weight excluding hydrogens is 198 g/mol. The van der Waals surface area contributed by atoms with Gasteiger partial charge in [0.2, 0.25) is 0 Å². The highest BCUT2D eigenvalue weighted by Crippen LogP contribution is 2.35. The van der Waals surface area contributed by atoms with Crippen molar-refractivity contribution in [3.05, 3.63) is 0 Å². The molecule has 0 aromatic carbocycles. The van der Waals surface area contributed by atoms with Gasteiger partial charge in [-0.15, -0.1) is 0 Å². The van der Waals surface area contributed by atoms with Crippen molar-refractivity contribution in [1.29, 1.82) is 0 Å². The number of hydrogen-bond donors (Lipinski definition) is 1. The normalized spacial score (nSPS) is 34.8. The van der Waals surface area contributed by atoms with E-state index in [4.69, 9.17) is 5.73 Å². The second kappa shape index (κ2) is 3.49. The maximum absolute atomic E-state index is 11.6. The average Bonchev–Trinajstić information content (AvgIpc) is 2.61. The van der Waals surface area contributed by atoms with Gasteiger partial charge >= 0.3 is 0 Å². The van der Waals surface area contributed by atoms with Crippen LogP contribution < -0.4 is 5.73 Å². The van der Waals surface area contributed by atoms with Gasteiger partial charge in [-0.3, -0.25) is 0 Å². The lowest BCUT2D eigenvalue weighted by atomic mass is 9.92. The van der Waals surface area contributed by atoms with Crippen LogP contribution in [0.1, 0.15) is 44.9 Å². The van der Waals surface area contributed by atoms with Gasteiger partial charge in [0, 0.05) is 5.54 Å². The smallest absolute Gasteiger partial charge is 0.153 e. The van der Waals surface area contributed by atoms with Gasteiger partial charge in [0.25, 0.3) is 0 Å². The predicted octanol–water partition coefficient (Wildman–Crippen LogP) is 1.23. The molecule has 2 fully saturated rings. The number of nitrogens with two attached hydrogens (primary N) is 1. The summed E-state index contributed by atoms with van der Waals surface area (Å²) in [4.78, 5) is 0. The Kier molecular flexibility index (Phi) is 2.60. The van der Waals surface area contributed by atoms with Crippen molar-refractivity contribution in [2.45, 2.75) is 55.7 Å². The summed E-state index contributed by atoms with van der Waals surface area (Å²) in [5.74, 6) is 0.383. The molecule has 0 bridgehead atoms. The first-order valence-corrected chi connectivity index (χ1v) is 7.24. The lowest BCUT2D eigenvalue weighted by molar-refractivity contribution is 0.391. The van der Waals surface area contributed by atoms with Crippen molar-refractivity contribution in [2.75, 3.05) is 5.75 Å². The Hall–Kier alpha value is -0.0900. The lowest BCUT2D eigenvalue weighted by Gasteiger charge is -2.26. The summed E-state index contributed by atoms with van der Waals surface area (Å²) >= 11 is 0. The Morgan fingerprint density at radius 3 is 2.36 bits per heavy atom. The first-order valence-electron chi connectivity index (χ1n) is 5.52. The monoisotopic (exact) mass is 217 g/mol. The van der Waals surface area contributed by atoms with Crippen LogP contribution in [0.2, 0.25) is 0 Å². The fourth-order valence-electron chi connectivity index (χ4n) is 2.82. The van der Waals surface area contributed by atoms with Crippen molar-refractivity contribution in [2.24, 2.45) is 5.73 Å². The SMILES string of the molecule is NC1(CC2CCCS2(=O)=O)CCCC1. The molecule has 0 spiro atoms. The van der Waals surface area contributed by atoms with Crippen LogP contribution in [0.5, 0.6) is 0 Å². The zero-order valence-corrected chi connectivity index (χ0v) is 9.35. The summed E-state index contributed by atoms with van der Waals surface area (Å²) < 4.78 is 23.3. The number of hydrogen-bond acceptors (Lipinski definition) is 3. The van der Waals surface area contributed by atoms with Crippen molar-refractivity contribution in [3.63, 3.8) is 0 Å². The topological polar surface area (TPSA) is 60.2 Å². The quantitative estimate of drug-likeness (QED) is 0.756. The number of sulfone groups is 1. The second-order valence-corrected chi connectivity index (χ2v) is 7.31. The molecule has 1 unspecified atom stereocenters. The van der Waals surface area contributed by atoms with E-state index in [0.29, 0.717) is 12.2 Å². The molecule has 14 heavy (non-hydrogen) atoms. The Morgan fingerprint density at radius 1 is 1.21 bits per heavy atom. The molecule has 82 valence electrons. The highest BCUT2D eigenvalue weighted by Gasteiger charge is 2.39. The van der Waals surface area contributed by atoms with Gasteiger partial charge in [-0.2, -0.15) is 0 Å². The third kappa shape index (κ3) is 1.96. The summed E-state index contributed by atoms with van der Waals surface area (Å²) in [6, 6.07) is 0. The molecule has 0 radical (unpaired) electrons. The van der Waals surface area contributed by atoms with Gasteiger partial charge in [0.1, 0.15) is 0 Å². The summed E-state index contributed by atoms with van der Waals surface area (Å²) in [7, 11) is -2.79. The molecule has 1 atom stereocenters. The predicted molar refractivity (Wildman–Crippen MR) is 56.8 cm³/mol. The van der Waals surface area contributed by atoms with E-state index in [1.54, 1.807) is 0 Å². The number of rotatable bonds is 2. The van der Waals surface area contributed by atoms with Gasteiger partial charge in [-0.05, 0) is 32.1 Å². The largest absolute Gasteiger partial charge is 0.325 e. The van der Waals surface area contributed by atoms with Crippen molar-refractivity contribution >= 4 is 9.84 Å². The molecule has 2 aliphatic rings. The average molecular weight is 217 g/mol. The third-order valence-corrected chi connectivity index (χ3v) is 5.97. The van der Waals surface area contributed by atoms with Crippen LogP contribution in [-0.2, 0) is 9.84 Å². The van der Waals surface area contributed by atoms with Crippen LogP contribution in [0.15, 0.2) is 0 Å². The molecule has 3 nitrogen and oxygen atoms in total. The minimum absolute atomic E-state index is 0.134. The molecule has 0 aromatic heterocycles. The Balaban J connectivity index is 2.03. The fraction of sp³-hybridized carbons (Fsp3) is 1.00. The first kappa shape index (κ1) is 10.4.